The maximum atomic E-state index is 5.93. The van der Waals surface area contributed by atoms with Gasteiger partial charge in [0.15, 0.2) is 0 Å². The van der Waals surface area contributed by atoms with Gasteiger partial charge in [0.1, 0.15) is 0 Å². The zero-order valence-electron chi connectivity index (χ0n) is 32.2. The van der Waals surface area contributed by atoms with E-state index < -0.39 is 22.3 Å². The second-order valence-electron chi connectivity index (χ2n) is 16.3. The fourth-order valence-electron chi connectivity index (χ4n) is 11.0. The summed E-state index contributed by atoms with van der Waals surface area (Å²) < 4.78 is 4.60. The van der Waals surface area contributed by atoms with Crippen molar-refractivity contribution in [3.63, 3.8) is 0 Å². The number of hydrogen-bond acceptors (Lipinski definition) is 0. The van der Waals surface area contributed by atoms with Crippen molar-refractivity contribution in [2.75, 3.05) is 0 Å². The summed E-state index contributed by atoms with van der Waals surface area (Å²) in [5.74, 6) is 0.460. The first kappa shape index (κ1) is 43.9. The molecule has 0 amide bonds. The van der Waals surface area contributed by atoms with Crippen molar-refractivity contribution in [3.05, 3.63) is 173 Å². The van der Waals surface area contributed by atoms with Gasteiger partial charge in [-0.1, -0.05) is 115 Å². The molecule has 0 bridgehead atoms. The van der Waals surface area contributed by atoms with Crippen LogP contribution in [0.1, 0.15) is 72.9 Å². The van der Waals surface area contributed by atoms with Crippen molar-refractivity contribution < 1.29 is 47.1 Å². The Bertz CT molecular complexity index is 1950. The molecule has 2 fully saturated rings. The Labute approximate surface area is 353 Å². The molecule has 0 radical (unpaired) electrons. The molecule has 0 N–H and O–H groups in total. The van der Waals surface area contributed by atoms with Gasteiger partial charge >= 0.3 is 123 Å². The van der Waals surface area contributed by atoms with Crippen LogP contribution in [0.4, 0.5) is 0 Å². The summed E-state index contributed by atoms with van der Waals surface area (Å²) in [5, 5.41) is 1.58. The monoisotopic (exact) mass is 858 g/mol. The van der Waals surface area contributed by atoms with Gasteiger partial charge in [-0.2, -0.15) is 6.08 Å². The van der Waals surface area contributed by atoms with Crippen LogP contribution in [0.3, 0.4) is 0 Å². The molecular weight excluding hydrogens is 810 g/mol. The van der Waals surface area contributed by atoms with E-state index in [1.807, 2.05) is 48.6 Å². The van der Waals surface area contributed by atoms with Gasteiger partial charge in [-0.3, -0.25) is 6.08 Å². The molecule has 6 aliphatic rings. The standard InChI is InChI=1S/C29H37.2C7H5Cl.C5H5.2ClH.Zr/c1-21-14-13-15-22-20-27(6)25(4)18-10-9-16-23(25,2)24(3)17-11-12-19-26(24,5)29(27,8)28(21,22)7;2*1-6-3-2-4-7(8)5-6;1-2-4-5-3-1;;;/h9-20,22H,1-8H3;2*1-5H;1-3H,4H2;2*1H;/q-1;;;-1;;;/p-2. The molecule has 2 aromatic rings. The van der Waals surface area contributed by atoms with Gasteiger partial charge < -0.3 is 31.2 Å². The molecule has 0 saturated heterocycles. The summed E-state index contributed by atoms with van der Waals surface area (Å²) in [4.78, 5) is 0. The zero-order valence-corrected chi connectivity index (χ0v) is 37.7. The van der Waals surface area contributed by atoms with E-state index >= 15 is 0 Å². The Kier molecular flexibility index (Phi) is 13.5. The quantitative estimate of drug-likeness (QED) is 0.285. The van der Waals surface area contributed by atoms with Crippen LogP contribution in [0.25, 0.3) is 0 Å². The Morgan fingerprint density at radius 3 is 1.68 bits per heavy atom. The molecule has 8 atom stereocenters. The van der Waals surface area contributed by atoms with Crippen LogP contribution in [0.5, 0.6) is 0 Å². The van der Waals surface area contributed by atoms with Gasteiger partial charge in [-0.15, -0.1) is 23.8 Å². The van der Waals surface area contributed by atoms with Crippen LogP contribution in [0, 0.1) is 56.3 Å². The average Bonchev–Trinajstić information content (AvgIpc) is 3.75. The normalized spacial score (nSPS) is 37.0. The van der Waals surface area contributed by atoms with Gasteiger partial charge in [-0.25, -0.2) is 12.2 Å². The van der Waals surface area contributed by atoms with Crippen molar-refractivity contribution in [2.45, 2.75) is 61.8 Å². The van der Waals surface area contributed by atoms with E-state index in [9.17, 15) is 0 Å². The molecule has 8 unspecified atom stereocenters. The SMILES string of the molecule is CC1=CC=CC2[CH-]C3(C)C4(C)C=CC=CC4(C)C4(C)C=CC=CC4(C)C3(C)C12C.Clc1cccc([CH]=[Zr]=[CH]c2cccc(Cl)c2)c1.[C-]1=CC=CC1.[Cl-].[Cl-]. The van der Waals surface area contributed by atoms with Crippen LogP contribution in [-0.2, 0) is 22.3 Å². The van der Waals surface area contributed by atoms with Crippen molar-refractivity contribution >= 4 is 30.6 Å². The zero-order chi connectivity index (χ0) is 36.8. The summed E-state index contributed by atoms with van der Waals surface area (Å²) in [5.41, 5.74) is 4.15. The first-order valence-electron chi connectivity index (χ1n) is 18.2. The van der Waals surface area contributed by atoms with E-state index in [0.29, 0.717) is 5.92 Å². The second-order valence-corrected chi connectivity index (χ2v) is 19.4. The third-order valence-electron chi connectivity index (χ3n) is 14.8. The number of hydrogen-bond donors (Lipinski definition) is 0. The number of fused-ring (bicyclic) bond motifs is 8. The maximum Gasteiger partial charge on any atom is -0.109 e. The molecule has 0 nitrogen and oxygen atoms in total. The van der Waals surface area contributed by atoms with Gasteiger partial charge in [0.2, 0.25) is 0 Å². The molecule has 0 spiro atoms. The maximum absolute atomic E-state index is 5.93. The van der Waals surface area contributed by atoms with Crippen molar-refractivity contribution in [1.82, 2.24) is 0 Å². The first-order chi connectivity index (χ1) is 24.1. The summed E-state index contributed by atoms with van der Waals surface area (Å²) in [7, 11) is 0. The summed E-state index contributed by atoms with van der Waals surface area (Å²) in [6.45, 7) is 20.3. The first-order valence-corrected chi connectivity index (χ1v) is 21.8. The van der Waals surface area contributed by atoms with Crippen LogP contribution >= 0.6 is 23.2 Å². The van der Waals surface area contributed by atoms with Crippen molar-refractivity contribution in [2.24, 2.45) is 43.8 Å². The molecule has 8 rings (SSSR count). The summed E-state index contributed by atoms with van der Waals surface area (Å²) >= 11 is 11.2. The van der Waals surface area contributed by atoms with Crippen LogP contribution in [-0.4, -0.2) is 7.42 Å². The minimum absolute atomic E-state index is 0. The smallest absolute Gasteiger partial charge is 0.109 e. The Morgan fingerprint density at radius 2 is 1.21 bits per heavy atom. The van der Waals surface area contributed by atoms with E-state index in [0.717, 1.165) is 16.5 Å². The van der Waals surface area contributed by atoms with Crippen molar-refractivity contribution in [1.29, 1.82) is 0 Å². The van der Waals surface area contributed by atoms with Gasteiger partial charge in [-0.05, 0) is 28.6 Å². The number of benzene rings is 2. The second kappa shape index (κ2) is 16.3. The predicted octanol–water partition coefficient (Wildman–Crippen LogP) is 7.04. The molecule has 0 heterocycles. The van der Waals surface area contributed by atoms with E-state index in [4.69, 9.17) is 23.2 Å². The third-order valence-corrected chi connectivity index (χ3v) is 17.7. The van der Waals surface area contributed by atoms with E-state index in [1.165, 1.54) is 16.7 Å². The number of rotatable bonds is 2. The molecule has 0 aromatic heterocycles. The molecule has 53 heavy (non-hydrogen) atoms. The van der Waals surface area contributed by atoms with Crippen LogP contribution in [0.15, 0.2) is 139 Å². The van der Waals surface area contributed by atoms with E-state index in [2.05, 4.69) is 160 Å². The van der Waals surface area contributed by atoms with Crippen LogP contribution < -0.4 is 24.8 Å². The molecule has 2 aromatic carbocycles. The summed E-state index contributed by atoms with van der Waals surface area (Å²) in [6.07, 6.45) is 39.3. The van der Waals surface area contributed by atoms with Gasteiger partial charge in [0.25, 0.3) is 0 Å². The predicted molar refractivity (Wildman–Crippen MR) is 219 cm³/mol. The molecule has 2 saturated carbocycles. The van der Waals surface area contributed by atoms with Gasteiger partial charge in [0.05, 0.1) is 0 Å². The topological polar surface area (TPSA) is 0 Å². The number of allylic oxidation sites excluding steroid dienone is 16. The fourth-order valence-corrected chi connectivity index (χ4v) is 13.4. The Hall–Kier alpha value is -1.86. The Morgan fingerprint density at radius 1 is 0.698 bits per heavy atom. The minimum atomic E-state index is -0.664. The minimum Gasteiger partial charge on any atom is -1.00 e. The molecule has 0 aliphatic heterocycles. The average molecular weight is 862 g/mol. The summed E-state index contributed by atoms with van der Waals surface area (Å²) in [6, 6.07) is 15.9. The van der Waals surface area contributed by atoms with E-state index in [-0.39, 0.29) is 62.7 Å². The Balaban J connectivity index is 0.000000222. The third kappa shape index (κ3) is 6.56. The fraction of sp³-hybridized carbons (Fsp3) is 0.354. The molecule has 5 heteroatoms. The molecule has 6 aliphatic carbocycles. The van der Waals surface area contributed by atoms with Crippen molar-refractivity contribution in [3.8, 4) is 0 Å². The van der Waals surface area contributed by atoms with Gasteiger partial charge in [0, 0.05) is 10.8 Å². The van der Waals surface area contributed by atoms with E-state index in [1.54, 1.807) is 0 Å². The molecule has 280 valence electrons. The largest absolute Gasteiger partial charge is 1.00 e. The number of halogens is 4. The molecular formula is C48H52Cl4Zr-4. The van der Waals surface area contributed by atoms with Crippen LogP contribution in [0.2, 0.25) is 10.0 Å².